The molecule has 5 heteroatoms. The van der Waals surface area contributed by atoms with E-state index in [1.54, 1.807) is 6.20 Å². The summed E-state index contributed by atoms with van der Waals surface area (Å²) in [5.74, 6) is 2.39. The molecule has 4 rings (SSSR count). The van der Waals surface area contributed by atoms with Gasteiger partial charge in [0.1, 0.15) is 11.6 Å². The Bertz CT molecular complexity index is 732. The highest BCUT2D eigenvalue weighted by molar-refractivity contribution is 5.79. The Morgan fingerprint density at radius 2 is 2.00 bits per heavy atom. The van der Waals surface area contributed by atoms with Crippen molar-refractivity contribution < 1.29 is 4.79 Å². The van der Waals surface area contributed by atoms with E-state index < -0.39 is 0 Å². The van der Waals surface area contributed by atoms with Crippen LogP contribution in [0.1, 0.15) is 56.1 Å². The molecule has 2 fully saturated rings. The van der Waals surface area contributed by atoms with Gasteiger partial charge in [0.2, 0.25) is 5.91 Å². The van der Waals surface area contributed by atoms with Gasteiger partial charge in [0, 0.05) is 24.9 Å². The smallest absolute Gasteiger partial charge is 0.226 e. The van der Waals surface area contributed by atoms with Crippen LogP contribution < -0.4 is 0 Å². The van der Waals surface area contributed by atoms with Gasteiger partial charge in [-0.3, -0.25) is 9.36 Å². The Hall–Kier alpha value is -2.17. The van der Waals surface area contributed by atoms with Crippen LogP contribution in [-0.2, 0) is 4.79 Å². The summed E-state index contributed by atoms with van der Waals surface area (Å²) in [4.78, 5) is 24.1. The average molecular weight is 324 g/mol. The van der Waals surface area contributed by atoms with E-state index in [-0.39, 0.29) is 12.0 Å². The molecular formula is C19H24N4O. The van der Waals surface area contributed by atoms with Crippen LogP contribution >= 0.6 is 0 Å². The summed E-state index contributed by atoms with van der Waals surface area (Å²) in [7, 11) is 0. The van der Waals surface area contributed by atoms with Gasteiger partial charge in [-0.1, -0.05) is 18.9 Å². The number of aromatic nitrogens is 3. The number of rotatable bonds is 3. The Balaban J connectivity index is 1.60. The molecule has 0 N–H and O–H groups in total. The van der Waals surface area contributed by atoms with Crippen molar-refractivity contribution in [1.82, 2.24) is 19.4 Å². The van der Waals surface area contributed by atoms with Crippen molar-refractivity contribution in [2.75, 3.05) is 6.54 Å². The first kappa shape index (κ1) is 15.4. The Kier molecular flexibility index (Phi) is 4.08. The Labute approximate surface area is 142 Å². The van der Waals surface area contributed by atoms with Gasteiger partial charge in [0.05, 0.1) is 11.7 Å². The lowest BCUT2D eigenvalue weighted by atomic mass is 10.0. The minimum atomic E-state index is 0.127. The molecule has 3 heterocycles. The van der Waals surface area contributed by atoms with Crippen LogP contribution in [-0.4, -0.2) is 31.9 Å². The van der Waals surface area contributed by atoms with Crippen molar-refractivity contribution in [2.45, 2.75) is 51.5 Å². The number of nitrogens with zero attached hydrogens (tertiary/aromatic N) is 4. The summed E-state index contributed by atoms with van der Waals surface area (Å²) in [6.45, 7) is 2.84. The minimum Gasteiger partial charge on any atom is -0.334 e. The summed E-state index contributed by atoms with van der Waals surface area (Å²) >= 11 is 0. The highest BCUT2D eigenvalue weighted by atomic mass is 16.2. The van der Waals surface area contributed by atoms with Crippen molar-refractivity contribution in [1.29, 1.82) is 0 Å². The lowest BCUT2D eigenvalue weighted by Gasteiger charge is -2.27. The van der Waals surface area contributed by atoms with Crippen molar-refractivity contribution in [3.8, 4) is 5.82 Å². The number of likely N-dealkylation sites (tertiary alicyclic amines) is 1. The SMILES string of the molecule is Cc1nccn1-c1cccc([C@@H]2CCCN2C(=O)C2CCCC2)n1. The number of hydrogen-bond donors (Lipinski definition) is 0. The monoisotopic (exact) mass is 324 g/mol. The molecule has 126 valence electrons. The van der Waals surface area contributed by atoms with E-state index >= 15 is 0 Å². The standard InChI is InChI=1S/C19H24N4O/c1-14-20-11-13-22(14)18-10-4-8-16(21-18)17-9-5-12-23(17)19(24)15-6-2-3-7-15/h4,8,10-11,13,15,17H,2-3,5-7,9,12H2,1H3/t17-/m0/s1. The number of hydrogen-bond acceptors (Lipinski definition) is 3. The third-order valence-electron chi connectivity index (χ3n) is 5.41. The maximum absolute atomic E-state index is 12.9. The second kappa shape index (κ2) is 6.38. The van der Waals surface area contributed by atoms with Crippen molar-refractivity contribution in [3.63, 3.8) is 0 Å². The normalized spacial score (nSPS) is 21.5. The van der Waals surface area contributed by atoms with Gasteiger partial charge in [-0.2, -0.15) is 0 Å². The molecule has 1 aliphatic heterocycles. The molecule has 24 heavy (non-hydrogen) atoms. The van der Waals surface area contributed by atoms with Crippen LogP contribution in [0.15, 0.2) is 30.6 Å². The van der Waals surface area contributed by atoms with Gasteiger partial charge < -0.3 is 4.90 Å². The second-order valence-electron chi connectivity index (χ2n) is 6.94. The fourth-order valence-electron chi connectivity index (χ4n) is 4.12. The first-order chi connectivity index (χ1) is 11.7. The van der Waals surface area contributed by atoms with Crippen molar-refractivity contribution in [2.24, 2.45) is 5.92 Å². The number of aryl methyl sites for hydroxylation is 1. The molecule has 0 spiro atoms. The van der Waals surface area contributed by atoms with Gasteiger partial charge in [-0.25, -0.2) is 9.97 Å². The second-order valence-corrected chi connectivity index (χ2v) is 6.94. The lowest BCUT2D eigenvalue weighted by Crippen LogP contribution is -2.35. The van der Waals surface area contributed by atoms with Crippen molar-refractivity contribution in [3.05, 3.63) is 42.1 Å². The first-order valence-corrected chi connectivity index (χ1v) is 9.02. The van der Waals surface area contributed by atoms with Crippen LogP contribution in [0.3, 0.4) is 0 Å². The highest BCUT2D eigenvalue weighted by Crippen LogP contribution is 2.35. The molecule has 1 amide bonds. The molecule has 2 aromatic rings. The molecule has 1 aliphatic carbocycles. The Morgan fingerprint density at radius 1 is 1.17 bits per heavy atom. The van der Waals surface area contributed by atoms with Gasteiger partial charge in [-0.05, 0) is 44.7 Å². The average Bonchev–Trinajstić information content (AvgIpc) is 3.35. The summed E-state index contributed by atoms with van der Waals surface area (Å²) in [6, 6.07) is 6.21. The molecule has 2 aromatic heterocycles. The molecule has 0 radical (unpaired) electrons. The van der Waals surface area contributed by atoms with E-state index in [0.717, 1.165) is 49.6 Å². The van der Waals surface area contributed by atoms with Gasteiger partial charge in [0.15, 0.2) is 0 Å². The molecule has 2 aliphatic rings. The largest absolute Gasteiger partial charge is 0.334 e. The maximum Gasteiger partial charge on any atom is 0.226 e. The molecule has 1 saturated carbocycles. The third-order valence-corrected chi connectivity index (χ3v) is 5.41. The van der Waals surface area contributed by atoms with E-state index in [2.05, 4.69) is 16.0 Å². The van der Waals surface area contributed by atoms with E-state index in [9.17, 15) is 4.79 Å². The number of carbonyl (C=O) groups excluding carboxylic acids is 1. The predicted octanol–water partition coefficient (Wildman–Crippen LogP) is 3.43. The molecule has 1 saturated heterocycles. The molecule has 5 nitrogen and oxygen atoms in total. The van der Waals surface area contributed by atoms with E-state index in [0.29, 0.717) is 5.91 Å². The molecule has 0 unspecified atom stereocenters. The zero-order valence-corrected chi connectivity index (χ0v) is 14.2. The fourth-order valence-corrected chi connectivity index (χ4v) is 4.12. The highest BCUT2D eigenvalue weighted by Gasteiger charge is 2.35. The van der Waals surface area contributed by atoms with Crippen LogP contribution in [0, 0.1) is 12.8 Å². The van der Waals surface area contributed by atoms with Crippen LogP contribution in [0.25, 0.3) is 5.82 Å². The third kappa shape index (κ3) is 2.72. The van der Waals surface area contributed by atoms with E-state index in [4.69, 9.17) is 4.98 Å². The first-order valence-electron chi connectivity index (χ1n) is 9.02. The van der Waals surface area contributed by atoms with E-state index in [1.165, 1.54) is 12.8 Å². The fraction of sp³-hybridized carbons (Fsp3) is 0.526. The van der Waals surface area contributed by atoms with Crippen LogP contribution in [0.4, 0.5) is 0 Å². The molecule has 0 bridgehead atoms. The van der Waals surface area contributed by atoms with Gasteiger partial charge in [-0.15, -0.1) is 0 Å². The summed E-state index contributed by atoms with van der Waals surface area (Å²) < 4.78 is 1.99. The van der Waals surface area contributed by atoms with Crippen molar-refractivity contribution >= 4 is 5.91 Å². The van der Waals surface area contributed by atoms with E-state index in [1.807, 2.05) is 29.8 Å². The lowest BCUT2D eigenvalue weighted by molar-refractivity contribution is -0.136. The quantitative estimate of drug-likeness (QED) is 0.869. The maximum atomic E-state index is 12.9. The Morgan fingerprint density at radius 3 is 2.75 bits per heavy atom. The molecule has 0 aromatic carbocycles. The van der Waals surface area contributed by atoms with Gasteiger partial charge >= 0.3 is 0 Å². The van der Waals surface area contributed by atoms with Crippen LogP contribution in [0.5, 0.6) is 0 Å². The topological polar surface area (TPSA) is 51.0 Å². The molecule has 1 atom stereocenters. The number of amides is 1. The molecular weight excluding hydrogens is 300 g/mol. The number of imidazole rings is 1. The predicted molar refractivity (Wildman–Crippen MR) is 91.7 cm³/mol. The van der Waals surface area contributed by atoms with Crippen LogP contribution in [0.2, 0.25) is 0 Å². The summed E-state index contributed by atoms with van der Waals surface area (Å²) in [5.41, 5.74) is 1.00. The minimum absolute atomic E-state index is 0.127. The number of carbonyl (C=O) groups is 1. The zero-order valence-electron chi connectivity index (χ0n) is 14.2. The van der Waals surface area contributed by atoms with Gasteiger partial charge in [0.25, 0.3) is 0 Å². The number of pyridine rings is 1. The zero-order chi connectivity index (χ0) is 16.5. The summed E-state index contributed by atoms with van der Waals surface area (Å²) in [5, 5.41) is 0. The summed E-state index contributed by atoms with van der Waals surface area (Å²) in [6.07, 6.45) is 10.3.